The number of aromatic nitrogens is 3. The fraction of sp³-hybridized carbons (Fsp3) is 0.125. The Hall–Kier alpha value is -4.75. The largest absolute Gasteiger partial charge is 0.481 e. The molecule has 0 saturated heterocycles. The van der Waals surface area contributed by atoms with Crippen LogP contribution < -0.4 is 5.32 Å². The van der Waals surface area contributed by atoms with E-state index in [0.29, 0.717) is 11.4 Å². The zero-order chi connectivity index (χ0) is 27.4. The molecule has 5 aromatic rings. The molecule has 0 radical (unpaired) electrons. The van der Waals surface area contributed by atoms with Gasteiger partial charge in [0.05, 0.1) is 22.5 Å². The number of halogens is 1. The number of rotatable bonds is 6. The van der Waals surface area contributed by atoms with Gasteiger partial charge in [0.2, 0.25) is 5.91 Å². The van der Waals surface area contributed by atoms with E-state index < -0.39 is 11.4 Å². The van der Waals surface area contributed by atoms with Crippen molar-refractivity contribution in [2.24, 2.45) is 0 Å². The van der Waals surface area contributed by atoms with Crippen LogP contribution in [0.5, 0.6) is 0 Å². The number of hydrogen-bond donors (Lipinski definition) is 2. The van der Waals surface area contributed by atoms with E-state index in [4.69, 9.17) is 16.7 Å². The Balaban J connectivity index is 1.17. The molecule has 7 nitrogen and oxygen atoms in total. The second-order valence-electron chi connectivity index (χ2n) is 10.3. The molecule has 1 aliphatic carbocycles. The second-order valence-corrected chi connectivity index (χ2v) is 10.7. The quantitative estimate of drug-likeness (QED) is 0.262. The van der Waals surface area contributed by atoms with Gasteiger partial charge in [-0.15, -0.1) is 0 Å². The molecule has 1 aromatic heterocycles. The molecule has 2 heterocycles. The van der Waals surface area contributed by atoms with Gasteiger partial charge in [-0.05, 0) is 64.1 Å². The van der Waals surface area contributed by atoms with Crippen LogP contribution in [0.1, 0.15) is 29.0 Å². The molecule has 0 bridgehead atoms. The molecule has 2 N–H and O–H groups in total. The van der Waals surface area contributed by atoms with Crippen LogP contribution in [0.2, 0.25) is 5.02 Å². The molecule has 1 amide bonds. The van der Waals surface area contributed by atoms with Crippen molar-refractivity contribution in [2.75, 3.05) is 5.32 Å². The lowest BCUT2D eigenvalue weighted by Crippen LogP contribution is -2.21. The minimum atomic E-state index is -0.863. The monoisotopic (exact) mass is 546 g/mol. The fourth-order valence-electron chi connectivity index (χ4n) is 5.87. The molecular weight excluding hydrogens is 524 g/mol. The first-order valence-electron chi connectivity index (χ1n) is 12.9. The SMILES string of the molecule is O=C(O)Cc1ccc(C2CC23C(=O)Nc2cc(Cl)c(-c4ccc(-c5ccc(-n6cncn6)cc5)cc4)cc23)cc1. The third-order valence-corrected chi connectivity index (χ3v) is 8.33. The van der Waals surface area contributed by atoms with Crippen LogP contribution in [0.4, 0.5) is 5.69 Å². The minimum absolute atomic E-state index is 0.0139. The second kappa shape index (κ2) is 9.17. The number of carboxylic acid groups (broad SMARTS) is 1. The normalized spacial score (nSPS) is 18.9. The van der Waals surface area contributed by atoms with E-state index in [1.54, 1.807) is 11.0 Å². The number of anilines is 1. The first-order chi connectivity index (χ1) is 19.4. The minimum Gasteiger partial charge on any atom is -0.481 e. The van der Waals surface area contributed by atoms with Gasteiger partial charge in [-0.25, -0.2) is 9.67 Å². The van der Waals surface area contributed by atoms with Gasteiger partial charge in [0.25, 0.3) is 0 Å². The van der Waals surface area contributed by atoms with Gasteiger partial charge in [0.15, 0.2) is 0 Å². The van der Waals surface area contributed by atoms with E-state index in [-0.39, 0.29) is 18.2 Å². The third-order valence-electron chi connectivity index (χ3n) is 8.02. The van der Waals surface area contributed by atoms with Crippen molar-refractivity contribution in [3.05, 3.63) is 119 Å². The van der Waals surface area contributed by atoms with E-state index in [0.717, 1.165) is 50.3 Å². The summed E-state index contributed by atoms with van der Waals surface area (Å²) in [4.78, 5) is 28.3. The van der Waals surface area contributed by atoms with Crippen molar-refractivity contribution < 1.29 is 14.7 Å². The lowest BCUT2D eigenvalue weighted by molar-refractivity contribution is -0.136. The number of nitrogens with one attached hydrogen (secondary N) is 1. The van der Waals surface area contributed by atoms with Crippen molar-refractivity contribution in [3.8, 4) is 27.9 Å². The number of fused-ring (bicyclic) bond motifs is 2. The highest BCUT2D eigenvalue weighted by atomic mass is 35.5. The first kappa shape index (κ1) is 24.3. The van der Waals surface area contributed by atoms with E-state index in [1.165, 1.54) is 6.33 Å². The molecule has 2 atom stereocenters. The van der Waals surface area contributed by atoms with Crippen LogP contribution in [-0.4, -0.2) is 31.7 Å². The summed E-state index contributed by atoms with van der Waals surface area (Å²) in [6, 6.07) is 27.8. The Morgan fingerprint density at radius 1 is 0.975 bits per heavy atom. The Kier molecular flexibility index (Phi) is 5.57. The molecular formula is C32H23ClN4O3. The number of aliphatic carboxylic acids is 1. The summed E-state index contributed by atoms with van der Waals surface area (Å²) in [7, 11) is 0. The highest BCUT2D eigenvalue weighted by Crippen LogP contribution is 2.65. The molecule has 1 aliphatic heterocycles. The van der Waals surface area contributed by atoms with Crippen molar-refractivity contribution in [3.63, 3.8) is 0 Å². The maximum atomic E-state index is 13.2. The van der Waals surface area contributed by atoms with Crippen molar-refractivity contribution in [1.82, 2.24) is 14.8 Å². The van der Waals surface area contributed by atoms with Crippen LogP contribution in [0.15, 0.2) is 97.6 Å². The summed E-state index contributed by atoms with van der Waals surface area (Å²) in [5.74, 6) is -0.845. The summed E-state index contributed by atoms with van der Waals surface area (Å²) >= 11 is 6.73. The molecule has 1 fully saturated rings. The molecule has 1 saturated carbocycles. The summed E-state index contributed by atoms with van der Waals surface area (Å²) in [6.07, 6.45) is 3.86. The fourth-order valence-corrected chi connectivity index (χ4v) is 6.14. The molecule has 2 aliphatic rings. The van der Waals surface area contributed by atoms with Gasteiger partial charge in [0.1, 0.15) is 12.7 Å². The lowest BCUT2D eigenvalue weighted by atomic mass is 9.89. The Bertz CT molecular complexity index is 1770. The number of nitrogens with zero attached hydrogens (tertiary/aromatic N) is 3. The zero-order valence-corrected chi connectivity index (χ0v) is 22.0. The van der Waals surface area contributed by atoms with E-state index in [2.05, 4.69) is 57.9 Å². The van der Waals surface area contributed by atoms with E-state index >= 15 is 0 Å². The summed E-state index contributed by atoms with van der Waals surface area (Å²) in [5.41, 5.74) is 7.82. The molecule has 196 valence electrons. The average Bonchev–Trinajstić information content (AvgIpc) is 3.34. The summed E-state index contributed by atoms with van der Waals surface area (Å²) in [6.45, 7) is 0. The van der Waals surface area contributed by atoms with Crippen LogP contribution in [0.25, 0.3) is 27.9 Å². The van der Waals surface area contributed by atoms with Gasteiger partial charge in [-0.2, -0.15) is 5.10 Å². The number of hydrogen-bond acceptors (Lipinski definition) is 4. The molecule has 40 heavy (non-hydrogen) atoms. The van der Waals surface area contributed by atoms with E-state index in [1.807, 2.05) is 42.5 Å². The van der Waals surface area contributed by atoms with Crippen molar-refractivity contribution >= 4 is 29.2 Å². The lowest BCUT2D eigenvalue weighted by Gasteiger charge is -2.13. The van der Waals surface area contributed by atoms with Crippen LogP contribution in [0.3, 0.4) is 0 Å². The maximum Gasteiger partial charge on any atom is 0.307 e. The van der Waals surface area contributed by atoms with Crippen molar-refractivity contribution in [1.29, 1.82) is 0 Å². The predicted molar refractivity (Wildman–Crippen MR) is 153 cm³/mol. The van der Waals surface area contributed by atoms with Gasteiger partial charge in [0, 0.05) is 17.2 Å². The summed E-state index contributed by atoms with van der Waals surface area (Å²) in [5, 5.41) is 16.8. The number of carbonyl (C=O) groups is 2. The highest BCUT2D eigenvalue weighted by molar-refractivity contribution is 6.34. The van der Waals surface area contributed by atoms with Gasteiger partial charge < -0.3 is 10.4 Å². The molecule has 7 rings (SSSR count). The van der Waals surface area contributed by atoms with Gasteiger partial charge >= 0.3 is 5.97 Å². The third kappa shape index (κ3) is 3.98. The standard InChI is InChI=1S/C32H23ClN4O3/c33-28-15-29-26(32(31(40)36-29)16-27(32)23-3-1-19(2-4-23)13-30(38)39)14-25(28)22-7-5-20(6-8-22)21-9-11-24(12-10-21)37-18-34-17-35-37/h1-12,14-15,17-18,27H,13,16H2,(H,36,40)(H,38,39). The zero-order valence-electron chi connectivity index (χ0n) is 21.2. The summed E-state index contributed by atoms with van der Waals surface area (Å²) < 4.78 is 1.72. The molecule has 4 aromatic carbocycles. The highest BCUT2D eigenvalue weighted by Gasteiger charge is 2.65. The average molecular weight is 547 g/mol. The Labute approximate surface area is 235 Å². The number of benzene rings is 4. The van der Waals surface area contributed by atoms with Crippen molar-refractivity contribution in [2.45, 2.75) is 24.2 Å². The number of amides is 1. The smallest absolute Gasteiger partial charge is 0.307 e. The number of carbonyl (C=O) groups excluding carboxylic acids is 1. The van der Waals surface area contributed by atoms with Crippen LogP contribution in [-0.2, 0) is 21.4 Å². The van der Waals surface area contributed by atoms with Crippen LogP contribution in [0, 0.1) is 0 Å². The van der Waals surface area contributed by atoms with Gasteiger partial charge in [-0.1, -0.05) is 72.3 Å². The molecule has 1 spiro atoms. The Morgan fingerprint density at radius 2 is 1.65 bits per heavy atom. The maximum absolute atomic E-state index is 13.2. The molecule has 8 heteroatoms. The predicted octanol–water partition coefficient (Wildman–Crippen LogP) is 6.26. The molecule has 2 unspecified atom stereocenters. The topological polar surface area (TPSA) is 97.1 Å². The van der Waals surface area contributed by atoms with E-state index in [9.17, 15) is 9.59 Å². The number of carboxylic acids is 1. The van der Waals surface area contributed by atoms with Crippen LogP contribution >= 0.6 is 11.6 Å². The van der Waals surface area contributed by atoms with Gasteiger partial charge in [-0.3, -0.25) is 9.59 Å². The Morgan fingerprint density at radius 3 is 2.30 bits per heavy atom. The first-order valence-corrected chi connectivity index (χ1v) is 13.3.